The summed E-state index contributed by atoms with van der Waals surface area (Å²) < 4.78 is 0. The lowest BCUT2D eigenvalue weighted by Gasteiger charge is -2.09. The van der Waals surface area contributed by atoms with Crippen molar-refractivity contribution in [3.05, 3.63) is 46.6 Å². The van der Waals surface area contributed by atoms with Crippen molar-refractivity contribution in [1.29, 1.82) is 0 Å². The quantitative estimate of drug-likeness (QED) is 0.691. The Morgan fingerprint density at radius 3 is 1.65 bits per heavy atom. The van der Waals surface area contributed by atoms with Crippen molar-refractivity contribution in [2.75, 3.05) is 0 Å². The molecule has 20 heavy (non-hydrogen) atoms. The molecule has 0 N–H and O–H groups in total. The third-order valence-electron chi connectivity index (χ3n) is 3.09. The molecule has 0 aliphatic rings. The van der Waals surface area contributed by atoms with Crippen LogP contribution >= 0.6 is 0 Å². The van der Waals surface area contributed by atoms with Gasteiger partial charge in [-0.3, -0.25) is 0 Å². The summed E-state index contributed by atoms with van der Waals surface area (Å²) in [4.78, 5) is 0. The van der Waals surface area contributed by atoms with Crippen LogP contribution < -0.4 is 0 Å². The SMILES string of the molecule is CC.CC.Cc1ccc(-c2nnc(C)c(C)c2C)cc1. The van der Waals surface area contributed by atoms with Crippen molar-refractivity contribution in [3.63, 3.8) is 0 Å². The van der Waals surface area contributed by atoms with Gasteiger partial charge in [-0.1, -0.05) is 57.5 Å². The van der Waals surface area contributed by atoms with E-state index in [-0.39, 0.29) is 0 Å². The van der Waals surface area contributed by atoms with Gasteiger partial charge in [0.1, 0.15) is 0 Å². The van der Waals surface area contributed by atoms with Gasteiger partial charge in [-0.05, 0) is 38.8 Å². The number of hydrogen-bond acceptors (Lipinski definition) is 2. The van der Waals surface area contributed by atoms with E-state index in [1.165, 1.54) is 16.7 Å². The molecule has 0 unspecified atom stereocenters. The first-order chi connectivity index (χ1) is 9.59. The molecule has 0 radical (unpaired) electrons. The molecule has 1 aromatic heterocycles. The van der Waals surface area contributed by atoms with Crippen molar-refractivity contribution in [3.8, 4) is 11.3 Å². The standard InChI is InChI=1S/C14H16N2.2C2H6/c1-9-5-7-13(8-6-9)14-11(3)10(2)12(4)15-16-14;2*1-2/h5-8H,1-4H3;2*1-2H3. The molecular formula is C18H28N2. The van der Waals surface area contributed by atoms with Gasteiger partial charge in [0.2, 0.25) is 0 Å². The van der Waals surface area contributed by atoms with Gasteiger partial charge in [-0.2, -0.15) is 5.10 Å². The number of hydrogen-bond donors (Lipinski definition) is 0. The molecule has 0 atom stereocenters. The molecule has 2 rings (SSSR count). The Morgan fingerprint density at radius 1 is 0.650 bits per heavy atom. The summed E-state index contributed by atoms with van der Waals surface area (Å²) in [5, 5.41) is 8.48. The highest BCUT2D eigenvalue weighted by atomic mass is 15.1. The molecule has 0 aliphatic heterocycles. The predicted molar refractivity (Wildman–Crippen MR) is 89.1 cm³/mol. The minimum absolute atomic E-state index is 0.989. The van der Waals surface area contributed by atoms with Crippen LogP contribution in [0, 0.1) is 27.7 Å². The van der Waals surface area contributed by atoms with Crippen LogP contribution in [0.2, 0.25) is 0 Å². The first kappa shape index (κ1) is 18.3. The third-order valence-corrected chi connectivity index (χ3v) is 3.09. The molecule has 0 aliphatic carbocycles. The average molecular weight is 272 g/mol. The Hall–Kier alpha value is -1.70. The second-order valence-electron chi connectivity index (χ2n) is 4.25. The van der Waals surface area contributed by atoms with E-state index in [1.807, 2.05) is 34.6 Å². The number of benzene rings is 1. The predicted octanol–water partition coefficient (Wildman–Crippen LogP) is 5.43. The lowest BCUT2D eigenvalue weighted by Crippen LogP contribution is -1.98. The Bertz CT molecular complexity index is 514. The van der Waals surface area contributed by atoms with Gasteiger partial charge >= 0.3 is 0 Å². The van der Waals surface area contributed by atoms with Gasteiger partial charge in [-0.15, -0.1) is 5.10 Å². The van der Waals surface area contributed by atoms with E-state index in [0.29, 0.717) is 0 Å². The van der Waals surface area contributed by atoms with Crippen LogP contribution in [-0.2, 0) is 0 Å². The normalized spacial score (nSPS) is 9.00. The topological polar surface area (TPSA) is 25.8 Å². The first-order valence-corrected chi connectivity index (χ1v) is 7.47. The maximum absolute atomic E-state index is 4.29. The lowest BCUT2D eigenvalue weighted by atomic mass is 10.0. The number of nitrogens with zero attached hydrogens (tertiary/aromatic N) is 2. The van der Waals surface area contributed by atoms with Crippen molar-refractivity contribution in [2.24, 2.45) is 0 Å². The number of aromatic nitrogens is 2. The van der Waals surface area contributed by atoms with E-state index < -0.39 is 0 Å². The Balaban J connectivity index is 0.000000829. The van der Waals surface area contributed by atoms with Crippen LogP contribution in [0.3, 0.4) is 0 Å². The molecule has 110 valence electrons. The van der Waals surface area contributed by atoms with Gasteiger partial charge < -0.3 is 0 Å². The Kier molecular flexibility index (Phi) is 8.46. The smallest absolute Gasteiger partial charge is 0.0961 e. The molecule has 0 amide bonds. The van der Waals surface area contributed by atoms with Gasteiger partial charge in [-0.25, -0.2) is 0 Å². The summed E-state index contributed by atoms with van der Waals surface area (Å²) in [6.45, 7) is 16.3. The van der Waals surface area contributed by atoms with E-state index in [2.05, 4.69) is 55.2 Å². The van der Waals surface area contributed by atoms with Crippen LogP contribution in [0.15, 0.2) is 24.3 Å². The minimum Gasteiger partial charge on any atom is -0.155 e. The Morgan fingerprint density at radius 2 is 1.15 bits per heavy atom. The average Bonchev–Trinajstić information content (AvgIpc) is 2.50. The molecule has 0 saturated heterocycles. The second-order valence-corrected chi connectivity index (χ2v) is 4.25. The molecule has 1 aromatic carbocycles. The highest BCUT2D eigenvalue weighted by Gasteiger charge is 2.08. The van der Waals surface area contributed by atoms with Gasteiger partial charge in [0.15, 0.2) is 0 Å². The zero-order valence-electron chi connectivity index (χ0n) is 14.2. The second kappa shape index (κ2) is 9.24. The summed E-state index contributed by atoms with van der Waals surface area (Å²) in [7, 11) is 0. The van der Waals surface area contributed by atoms with Crippen molar-refractivity contribution >= 4 is 0 Å². The molecule has 0 spiro atoms. The molecule has 2 nitrogen and oxygen atoms in total. The maximum Gasteiger partial charge on any atom is 0.0961 e. The summed E-state index contributed by atoms with van der Waals surface area (Å²) in [5.74, 6) is 0. The van der Waals surface area contributed by atoms with Crippen LogP contribution in [0.4, 0.5) is 0 Å². The largest absolute Gasteiger partial charge is 0.155 e. The van der Waals surface area contributed by atoms with E-state index in [1.54, 1.807) is 0 Å². The van der Waals surface area contributed by atoms with Crippen molar-refractivity contribution in [1.82, 2.24) is 10.2 Å². The number of aryl methyl sites for hydroxylation is 2. The molecule has 0 saturated carbocycles. The fourth-order valence-electron chi connectivity index (χ4n) is 1.71. The fourth-order valence-corrected chi connectivity index (χ4v) is 1.71. The monoisotopic (exact) mass is 272 g/mol. The molecule has 1 heterocycles. The summed E-state index contributed by atoms with van der Waals surface area (Å²) in [5.41, 5.74) is 6.84. The summed E-state index contributed by atoms with van der Waals surface area (Å²) in [6, 6.07) is 8.40. The van der Waals surface area contributed by atoms with Crippen LogP contribution in [-0.4, -0.2) is 10.2 Å². The zero-order chi connectivity index (χ0) is 15.7. The zero-order valence-corrected chi connectivity index (χ0v) is 14.2. The molecule has 0 fully saturated rings. The van der Waals surface area contributed by atoms with E-state index in [0.717, 1.165) is 17.0 Å². The van der Waals surface area contributed by atoms with Gasteiger partial charge in [0.25, 0.3) is 0 Å². The minimum atomic E-state index is 0.989. The van der Waals surface area contributed by atoms with E-state index in [9.17, 15) is 0 Å². The van der Waals surface area contributed by atoms with E-state index >= 15 is 0 Å². The molecule has 2 aromatic rings. The maximum atomic E-state index is 4.29. The Labute approximate surface area is 124 Å². The molecule has 0 bridgehead atoms. The van der Waals surface area contributed by atoms with Gasteiger partial charge in [0.05, 0.1) is 11.4 Å². The van der Waals surface area contributed by atoms with Crippen LogP contribution in [0.25, 0.3) is 11.3 Å². The first-order valence-electron chi connectivity index (χ1n) is 7.47. The lowest BCUT2D eigenvalue weighted by molar-refractivity contribution is 0.951. The third kappa shape index (κ3) is 4.44. The molecular weight excluding hydrogens is 244 g/mol. The number of rotatable bonds is 1. The summed E-state index contributed by atoms with van der Waals surface area (Å²) >= 11 is 0. The van der Waals surface area contributed by atoms with Gasteiger partial charge in [0, 0.05) is 5.56 Å². The highest BCUT2D eigenvalue weighted by molar-refractivity contribution is 5.64. The molecule has 2 heteroatoms. The summed E-state index contributed by atoms with van der Waals surface area (Å²) in [6.07, 6.45) is 0. The van der Waals surface area contributed by atoms with Crippen molar-refractivity contribution < 1.29 is 0 Å². The van der Waals surface area contributed by atoms with Crippen LogP contribution in [0.1, 0.15) is 50.1 Å². The van der Waals surface area contributed by atoms with E-state index in [4.69, 9.17) is 0 Å². The van der Waals surface area contributed by atoms with Crippen LogP contribution in [0.5, 0.6) is 0 Å². The van der Waals surface area contributed by atoms with Crippen molar-refractivity contribution in [2.45, 2.75) is 55.4 Å². The fraction of sp³-hybridized carbons (Fsp3) is 0.444. The highest BCUT2D eigenvalue weighted by Crippen LogP contribution is 2.23.